The minimum Gasteiger partial charge on any atom is -0.493 e. The summed E-state index contributed by atoms with van der Waals surface area (Å²) in [5.41, 5.74) is -0.568. The zero-order chi connectivity index (χ0) is 23.8. The number of hydrogen-bond donors (Lipinski definition) is 1. The lowest BCUT2D eigenvalue weighted by Crippen LogP contribution is -2.54. The van der Waals surface area contributed by atoms with Crippen molar-refractivity contribution in [2.75, 3.05) is 53.6 Å². The molecule has 2 rings (SSSR count). The summed E-state index contributed by atoms with van der Waals surface area (Å²) in [7, 11) is 2.86. The van der Waals surface area contributed by atoms with Crippen molar-refractivity contribution >= 4 is 23.4 Å². The van der Waals surface area contributed by atoms with Gasteiger partial charge in [0.2, 0.25) is 0 Å². The fourth-order valence-electron chi connectivity index (χ4n) is 3.13. The van der Waals surface area contributed by atoms with E-state index in [-0.39, 0.29) is 62.5 Å². The van der Waals surface area contributed by atoms with E-state index < -0.39 is 28.3 Å². The molecule has 1 N–H and O–H groups in total. The van der Waals surface area contributed by atoms with E-state index >= 15 is 0 Å². The van der Waals surface area contributed by atoms with Gasteiger partial charge in [-0.25, -0.2) is 0 Å². The van der Waals surface area contributed by atoms with Crippen LogP contribution in [0.5, 0.6) is 11.5 Å². The fourth-order valence-corrected chi connectivity index (χ4v) is 3.13. The van der Waals surface area contributed by atoms with E-state index in [1.54, 1.807) is 13.8 Å². The zero-order valence-corrected chi connectivity index (χ0v) is 18.6. The minimum atomic E-state index is -0.704. The number of amides is 3. The molecule has 0 aromatic heterocycles. The second-order valence-corrected chi connectivity index (χ2v) is 7.33. The number of rotatable bonds is 8. The van der Waals surface area contributed by atoms with Gasteiger partial charge in [0.05, 0.1) is 24.7 Å². The molecule has 12 heteroatoms. The lowest BCUT2D eigenvalue weighted by Gasteiger charge is -2.34. The highest BCUT2D eigenvalue weighted by Gasteiger charge is 2.32. The van der Waals surface area contributed by atoms with Gasteiger partial charge in [-0.1, -0.05) is 0 Å². The number of nitro groups is 1. The standard InChI is InChI=1S/C20H28N4O8/c1-13(2)21-18(25)20(27)23-7-5-22(6-8-23)19(26)14-11-16(31-4)17(32-10-9-30-3)12-15(14)24(28)29/h11-13H,5-10H2,1-4H3,(H,21,25). The average Bonchev–Trinajstić information content (AvgIpc) is 2.77. The Morgan fingerprint density at radius 1 is 1.06 bits per heavy atom. The minimum absolute atomic E-state index is 0.124. The number of nitrogens with one attached hydrogen (secondary N) is 1. The first kappa shape index (κ1) is 24.9. The molecule has 0 saturated carbocycles. The van der Waals surface area contributed by atoms with E-state index in [4.69, 9.17) is 14.2 Å². The quantitative estimate of drug-likeness (QED) is 0.259. The number of piperazine rings is 1. The van der Waals surface area contributed by atoms with Crippen molar-refractivity contribution in [3.8, 4) is 11.5 Å². The van der Waals surface area contributed by atoms with Crippen molar-refractivity contribution in [2.24, 2.45) is 0 Å². The molecular weight excluding hydrogens is 424 g/mol. The van der Waals surface area contributed by atoms with Gasteiger partial charge in [0.1, 0.15) is 12.2 Å². The third kappa shape index (κ3) is 6.06. The molecule has 0 aliphatic carbocycles. The topological polar surface area (TPSA) is 141 Å². The third-order valence-corrected chi connectivity index (χ3v) is 4.72. The van der Waals surface area contributed by atoms with Crippen molar-refractivity contribution in [1.29, 1.82) is 0 Å². The summed E-state index contributed by atoms with van der Waals surface area (Å²) in [5, 5.41) is 14.1. The van der Waals surface area contributed by atoms with Crippen LogP contribution in [-0.4, -0.2) is 92.1 Å². The van der Waals surface area contributed by atoms with Gasteiger partial charge >= 0.3 is 11.8 Å². The summed E-state index contributed by atoms with van der Waals surface area (Å²) in [5.74, 6) is -1.65. The molecular formula is C20H28N4O8. The highest BCUT2D eigenvalue weighted by Crippen LogP contribution is 2.35. The third-order valence-electron chi connectivity index (χ3n) is 4.72. The van der Waals surface area contributed by atoms with Gasteiger partial charge in [-0.3, -0.25) is 24.5 Å². The molecule has 1 aliphatic rings. The summed E-state index contributed by atoms with van der Waals surface area (Å²) in [4.78, 5) is 50.9. The van der Waals surface area contributed by atoms with Crippen LogP contribution in [0.1, 0.15) is 24.2 Å². The Bertz CT molecular complexity index is 865. The Hall–Kier alpha value is -3.41. The van der Waals surface area contributed by atoms with Crippen LogP contribution < -0.4 is 14.8 Å². The molecule has 0 bridgehead atoms. The van der Waals surface area contributed by atoms with Gasteiger partial charge in [-0.05, 0) is 13.8 Å². The van der Waals surface area contributed by atoms with Gasteiger partial charge in [-0.15, -0.1) is 0 Å². The molecule has 1 heterocycles. The van der Waals surface area contributed by atoms with E-state index in [0.717, 1.165) is 6.07 Å². The van der Waals surface area contributed by atoms with Gasteiger partial charge in [0, 0.05) is 45.4 Å². The first-order chi connectivity index (χ1) is 15.2. The number of carbonyl (C=O) groups is 3. The van der Waals surface area contributed by atoms with Crippen LogP contribution >= 0.6 is 0 Å². The summed E-state index contributed by atoms with van der Waals surface area (Å²) >= 11 is 0. The van der Waals surface area contributed by atoms with Gasteiger partial charge < -0.3 is 29.3 Å². The maximum Gasteiger partial charge on any atom is 0.312 e. The van der Waals surface area contributed by atoms with Crippen molar-refractivity contribution in [3.05, 3.63) is 27.8 Å². The number of hydrogen-bond acceptors (Lipinski definition) is 8. The number of nitrogens with zero attached hydrogens (tertiary/aromatic N) is 3. The number of nitro benzene ring substituents is 1. The SMILES string of the molecule is COCCOc1cc([N+](=O)[O-])c(C(=O)N2CCN(C(=O)C(=O)NC(C)C)CC2)cc1OC. The molecule has 1 fully saturated rings. The molecule has 1 aromatic rings. The Morgan fingerprint density at radius 3 is 2.22 bits per heavy atom. The molecule has 1 aromatic carbocycles. The normalized spacial score (nSPS) is 13.7. The van der Waals surface area contributed by atoms with Crippen LogP contribution in [0, 0.1) is 10.1 Å². The van der Waals surface area contributed by atoms with Crippen LogP contribution in [0.15, 0.2) is 12.1 Å². The predicted octanol–water partition coefficient (Wildman–Crippen LogP) is 0.438. The molecule has 176 valence electrons. The zero-order valence-electron chi connectivity index (χ0n) is 18.6. The molecule has 32 heavy (non-hydrogen) atoms. The van der Waals surface area contributed by atoms with Gasteiger partial charge in [0.25, 0.3) is 11.6 Å². The molecule has 0 radical (unpaired) electrons. The van der Waals surface area contributed by atoms with E-state index in [2.05, 4.69) is 5.32 Å². The molecule has 0 atom stereocenters. The van der Waals surface area contributed by atoms with Crippen molar-refractivity contribution in [3.63, 3.8) is 0 Å². The van der Waals surface area contributed by atoms with Gasteiger partial charge in [0.15, 0.2) is 11.5 Å². The lowest BCUT2D eigenvalue weighted by atomic mass is 10.1. The van der Waals surface area contributed by atoms with Crippen LogP contribution in [0.4, 0.5) is 5.69 Å². The Labute approximate surface area is 185 Å². The number of methoxy groups -OCH3 is 2. The largest absolute Gasteiger partial charge is 0.493 e. The molecule has 0 spiro atoms. The lowest BCUT2D eigenvalue weighted by molar-refractivity contribution is -0.385. The average molecular weight is 452 g/mol. The van der Waals surface area contributed by atoms with Gasteiger partial charge in [-0.2, -0.15) is 0 Å². The monoisotopic (exact) mass is 452 g/mol. The molecule has 1 saturated heterocycles. The summed E-state index contributed by atoms with van der Waals surface area (Å²) in [6.45, 7) is 4.45. The summed E-state index contributed by atoms with van der Waals surface area (Å²) in [6.07, 6.45) is 0. The first-order valence-corrected chi connectivity index (χ1v) is 10.1. The fraction of sp³-hybridized carbons (Fsp3) is 0.550. The van der Waals surface area contributed by atoms with E-state index in [1.165, 1.54) is 30.1 Å². The number of benzene rings is 1. The summed E-state index contributed by atoms with van der Waals surface area (Å²) in [6, 6.07) is 2.25. The Balaban J connectivity index is 2.16. The van der Waals surface area contributed by atoms with Crippen molar-refractivity contribution in [2.45, 2.75) is 19.9 Å². The number of ether oxygens (including phenoxy) is 3. The van der Waals surface area contributed by atoms with Crippen LogP contribution in [0.25, 0.3) is 0 Å². The first-order valence-electron chi connectivity index (χ1n) is 10.1. The van der Waals surface area contributed by atoms with Crippen LogP contribution in [0.2, 0.25) is 0 Å². The molecule has 0 unspecified atom stereocenters. The predicted molar refractivity (Wildman–Crippen MR) is 113 cm³/mol. The maximum atomic E-state index is 13.0. The Morgan fingerprint density at radius 2 is 1.69 bits per heavy atom. The molecule has 1 aliphatic heterocycles. The van der Waals surface area contributed by atoms with E-state index in [0.29, 0.717) is 0 Å². The van der Waals surface area contributed by atoms with E-state index in [9.17, 15) is 24.5 Å². The highest BCUT2D eigenvalue weighted by molar-refractivity contribution is 6.35. The van der Waals surface area contributed by atoms with Crippen molar-refractivity contribution in [1.82, 2.24) is 15.1 Å². The number of carbonyl (C=O) groups excluding carboxylic acids is 3. The summed E-state index contributed by atoms with van der Waals surface area (Å²) < 4.78 is 15.6. The molecule has 12 nitrogen and oxygen atoms in total. The van der Waals surface area contributed by atoms with Crippen LogP contribution in [-0.2, 0) is 14.3 Å². The maximum absolute atomic E-state index is 13.0. The Kier molecular flexibility index (Phi) is 8.76. The second-order valence-electron chi connectivity index (χ2n) is 7.33. The van der Waals surface area contributed by atoms with Crippen LogP contribution in [0.3, 0.4) is 0 Å². The van der Waals surface area contributed by atoms with E-state index in [1.807, 2.05) is 0 Å². The smallest absolute Gasteiger partial charge is 0.312 e. The molecule has 3 amide bonds. The highest BCUT2D eigenvalue weighted by atomic mass is 16.6. The van der Waals surface area contributed by atoms with Crippen molar-refractivity contribution < 1.29 is 33.5 Å². The second kappa shape index (κ2) is 11.3.